The van der Waals surface area contributed by atoms with E-state index < -0.39 is 17.2 Å². The number of ether oxygens (including phenoxy) is 2. The van der Waals surface area contributed by atoms with Crippen LogP contribution >= 0.6 is 0 Å². The monoisotopic (exact) mass is 251 g/mol. The number of carbonyl (C=O) groups excluding carboxylic acids is 1. The van der Waals surface area contributed by atoms with Crippen LogP contribution in [0.4, 0.5) is 0 Å². The molecule has 1 atom stereocenters. The second-order valence-corrected chi connectivity index (χ2v) is 6.66. The van der Waals surface area contributed by atoms with Crippen molar-refractivity contribution in [3.05, 3.63) is 0 Å². The van der Waals surface area contributed by atoms with Gasteiger partial charge in [0.2, 0.25) is 11.6 Å². The molecule has 0 aromatic heterocycles. The van der Waals surface area contributed by atoms with Crippen LogP contribution in [0.1, 0.15) is 57.8 Å². The maximum Gasteiger partial charge on any atom is 0.230 e. The maximum atomic E-state index is 11.7. The summed E-state index contributed by atoms with van der Waals surface area (Å²) < 4.78 is 11.0. The maximum absolute atomic E-state index is 11.7. The zero-order valence-corrected chi connectivity index (χ0v) is 10.6. The molecule has 100 valence electrons. The first kappa shape index (κ1) is 11.2. The van der Waals surface area contributed by atoms with E-state index in [1.165, 1.54) is 32.1 Å². The number of hydrogen-bond acceptors (Lipinski definition) is 4. The third-order valence-corrected chi connectivity index (χ3v) is 5.50. The van der Waals surface area contributed by atoms with Crippen molar-refractivity contribution < 1.29 is 19.4 Å². The molecule has 0 amide bonds. The molecule has 2 aliphatic carbocycles. The standard InChI is InChI=1S/C14H20O4/c15-11(16)12(8-10-4-2-1-3-5-10)6-7-13-14(9-12,17-13)18-13/h10H,1-9H2,(H,15,16)/p-1. The van der Waals surface area contributed by atoms with Gasteiger partial charge in [-0.05, 0) is 18.8 Å². The van der Waals surface area contributed by atoms with E-state index >= 15 is 0 Å². The molecule has 4 rings (SSSR count). The lowest BCUT2D eigenvalue weighted by atomic mass is 9.67. The highest BCUT2D eigenvalue weighted by molar-refractivity contribution is 5.73. The highest BCUT2D eigenvalue weighted by Crippen LogP contribution is 2.77. The van der Waals surface area contributed by atoms with Crippen LogP contribution in [-0.4, -0.2) is 17.5 Å². The van der Waals surface area contributed by atoms with Crippen molar-refractivity contribution in [2.45, 2.75) is 69.4 Å². The third-order valence-electron chi connectivity index (χ3n) is 5.50. The van der Waals surface area contributed by atoms with E-state index in [1.54, 1.807) is 0 Å². The number of hydrogen-bond donors (Lipinski definition) is 0. The smallest absolute Gasteiger partial charge is 0.230 e. The first-order chi connectivity index (χ1) is 8.60. The SMILES string of the molecule is O=C([O-])C1(CC2CCCCC2)CCC23OC2(C1)O3. The van der Waals surface area contributed by atoms with Crippen LogP contribution in [0.2, 0.25) is 0 Å². The molecule has 2 heterocycles. The minimum absolute atomic E-state index is 0.363. The van der Waals surface area contributed by atoms with Gasteiger partial charge in [-0.2, -0.15) is 0 Å². The van der Waals surface area contributed by atoms with Gasteiger partial charge in [0.25, 0.3) is 0 Å². The Kier molecular flexibility index (Phi) is 2.05. The van der Waals surface area contributed by atoms with Gasteiger partial charge in [0.05, 0.1) is 0 Å². The van der Waals surface area contributed by atoms with Crippen LogP contribution in [-0.2, 0) is 14.3 Å². The first-order valence-electron chi connectivity index (χ1n) is 7.22. The molecule has 4 heteroatoms. The van der Waals surface area contributed by atoms with Crippen molar-refractivity contribution in [2.75, 3.05) is 0 Å². The fourth-order valence-electron chi connectivity index (χ4n) is 4.30. The lowest BCUT2D eigenvalue weighted by Gasteiger charge is -2.39. The predicted octanol–water partition coefficient (Wildman–Crippen LogP) is 1.33. The summed E-state index contributed by atoms with van der Waals surface area (Å²) in [5.41, 5.74) is -0.696. The van der Waals surface area contributed by atoms with Crippen molar-refractivity contribution in [2.24, 2.45) is 11.3 Å². The molecule has 0 bridgehead atoms. The molecule has 4 fully saturated rings. The van der Waals surface area contributed by atoms with Gasteiger partial charge < -0.3 is 19.4 Å². The number of carboxylic acids is 1. The van der Waals surface area contributed by atoms with Crippen LogP contribution in [0.3, 0.4) is 0 Å². The Hall–Kier alpha value is -0.610. The highest BCUT2D eigenvalue weighted by Gasteiger charge is 2.92. The van der Waals surface area contributed by atoms with Crippen LogP contribution < -0.4 is 5.11 Å². The average Bonchev–Trinajstić information content (AvgIpc) is 3.15. The van der Waals surface area contributed by atoms with Crippen LogP contribution in [0.15, 0.2) is 0 Å². The van der Waals surface area contributed by atoms with Gasteiger partial charge in [0.15, 0.2) is 0 Å². The van der Waals surface area contributed by atoms with Gasteiger partial charge in [-0.3, -0.25) is 0 Å². The molecule has 0 radical (unpaired) electrons. The lowest BCUT2D eigenvalue weighted by Crippen LogP contribution is -2.46. The number of epoxide rings is 2. The van der Waals surface area contributed by atoms with E-state index in [2.05, 4.69) is 0 Å². The van der Waals surface area contributed by atoms with Crippen molar-refractivity contribution in [3.8, 4) is 0 Å². The number of carboxylic acid groups (broad SMARTS) is 1. The summed E-state index contributed by atoms with van der Waals surface area (Å²) in [4.78, 5) is 11.7. The summed E-state index contributed by atoms with van der Waals surface area (Å²) in [5.74, 6) is -1.21. The van der Waals surface area contributed by atoms with Crippen LogP contribution in [0.5, 0.6) is 0 Å². The Morgan fingerprint density at radius 3 is 2.44 bits per heavy atom. The molecule has 0 N–H and O–H groups in total. The fourth-order valence-corrected chi connectivity index (χ4v) is 4.30. The molecular weight excluding hydrogens is 232 g/mol. The molecule has 4 nitrogen and oxygen atoms in total. The number of carbonyl (C=O) groups is 1. The topological polar surface area (TPSA) is 65.2 Å². The van der Waals surface area contributed by atoms with Gasteiger partial charge >= 0.3 is 0 Å². The molecular formula is C14H19O4-. The summed E-state index contributed by atoms with van der Waals surface area (Å²) in [6, 6.07) is 0. The Morgan fingerprint density at radius 2 is 1.83 bits per heavy atom. The average molecular weight is 251 g/mol. The van der Waals surface area contributed by atoms with Crippen molar-refractivity contribution >= 4 is 5.97 Å². The van der Waals surface area contributed by atoms with E-state index in [9.17, 15) is 9.90 Å². The third kappa shape index (κ3) is 1.36. The lowest BCUT2D eigenvalue weighted by molar-refractivity contribution is -0.322. The Balaban J connectivity index is 1.51. The van der Waals surface area contributed by atoms with Gasteiger partial charge in [0.1, 0.15) is 0 Å². The first-order valence-corrected chi connectivity index (χ1v) is 7.22. The minimum Gasteiger partial charge on any atom is -0.550 e. The predicted molar refractivity (Wildman–Crippen MR) is 60.1 cm³/mol. The summed E-state index contributed by atoms with van der Waals surface area (Å²) in [6.45, 7) is 0. The minimum atomic E-state index is -0.887. The van der Waals surface area contributed by atoms with E-state index in [1.807, 2.05) is 0 Å². The Bertz CT molecular complexity index is 393. The molecule has 2 aliphatic heterocycles. The highest BCUT2D eigenvalue weighted by atomic mass is 17.0. The molecule has 0 aromatic rings. The molecule has 18 heavy (non-hydrogen) atoms. The second-order valence-electron chi connectivity index (χ2n) is 6.66. The van der Waals surface area contributed by atoms with Crippen molar-refractivity contribution in [1.82, 2.24) is 0 Å². The summed E-state index contributed by atoms with van der Waals surface area (Å²) >= 11 is 0. The van der Waals surface area contributed by atoms with E-state index in [0.717, 1.165) is 12.8 Å². The number of rotatable bonds is 3. The molecule has 0 spiro atoms. The zero-order chi connectivity index (χ0) is 12.4. The van der Waals surface area contributed by atoms with E-state index in [4.69, 9.17) is 9.47 Å². The number of aliphatic carboxylic acids is 1. The summed E-state index contributed by atoms with van der Waals surface area (Å²) in [6.07, 6.45) is 8.81. The molecule has 1 unspecified atom stereocenters. The normalized spacial score (nSPS) is 50.2. The van der Waals surface area contributed by atoms with Gasteiger partial charge in [0, 0.05) is 24.2 Å². The van der Waals surface area contributed by atoms with Crippen molar-refractivity contribution in [3.63, 3.8) is 0 Å². The van der Waals surface area contributed by atoms with Crippen LogP contribution in [0, 0.1) is 11.3 Å². The molecule has 2 saturated heterocycles. The summed E-state index contributed by atoms with van der Waals surface area (Å²) in [7, 11) is 0. The Morgan fingerprint density at radius 1 is 1.11 bits per heavy atom. The quantitative estimate of drug-likeness (QED) is 0.710. The van der Waals surface area contributed by atoms with E-state index in [0.29, 0.717) is 18.8 Å². The second kappa shape index (κ2) is 3.28. The molecule has 0 aromatic carbocycles. The molecule has 2 saturated carbocycles. The van der Waals surface area contributed by atoms with E-state index in [-0.39, 0.29) is 5.79 Å². The fraction of sp³-hybridized carbons (Fsp3) is 0.929. The van der Waals surface area contributed by atoms with Crippen LogP contribution in [0.25, 0.3) is 0 Å². The van der Waals surface area contributed by atoms with Crippen molar-refractivity contribution in [1.29, 1.82) is 0 Å². The zero-order valence-electron chi connectivity index (χ0n) is 10.6. The Labute approximate surface area is 107 Å². The largest absolute Gasteiger partial charge is 0.550 e. The van der Waals surface area contributed by atoms with Gasteiger partial charge in [-0.1, -0.05) is 32.1 Å². The molecule has 4 aliphatic rings. The van der Waals surface area contributed by atoms with Gasteiger partial charge in [-0.25, -0.2) is 0 Å². The van der Waals surface area contributed by atoms with Gasteiger partial charge in [-0.15, -0.1) is 0 Å². The summed E-state index contributed by atoms with van der Waals surface area (Å²) in [5, 5.41) is 11.7.